The summed E-state index contributed by atoms with van der Waals surface area (Å²) in [5, 5.41) is 0. The lowest BCUT2D eigenvalue weighted by atomic mass is 10.0. The lowest BCUT2D eigenvalue weighted by molar-refractivity contribution is 0.0965. The van der Waals surface area contributed by atoms with Crippen molar-refractivity contribution in [3.63, 3.8) is 0 Å². The van der Waals surface area contributed by atoms with Crippen LogP contribution in [0.4, 0.5) is 0 Å². The fraction of sp³-hybridized carbons (Fsp3) is 0.235. The Bertz CT molecular complexity index is 554. The van der Waals surface area contributed by atoms with Crippen molar-refractivity contribution in [1.29, 1.82) is 0 Å². The number of carbonyl (C=O) groups is 1. The predicted molar refractivity (Wildman–Crippen MR) is 72.8 cm³/mol. The van der Waals surface area contributed by atoms with Crippen molar-refractivity contribution in [1.82, 2.24) is 0 Å². The van der Waals surface area contributed by atoms with E-state index < -0.39 is 0 Å². The summed E-state index contributed by atoms with van der Waals surface area (Å²) in [6.45, 7) is 2.04. The molecule has 1 heteroatoms. The molecule has 2 aromatic carbocycles. The van der Waals surface area contributed by atoms with Crippen LogP contribution in [0.25, 0.3) is 0 Å². The van der Waals surface area contributed by atoms with Crippen LogP contribution in [-0.2, 0) is 0 Å². The third-order valence-corrected chi connectivity index (χ3v) is 3.69. The van der Waals surface area contributed by atoms with Crippen molar-refractivity contribution in [3.05, 3.63) is 71.3 Å². The Morgan fingerprint density at radius 1 is 1.00 bits per heavy atom. The van der Waals surface area contributed by atoms with Crippen molar-refractivity contribution in [3.8, 4) is 0 Å². The van der Waals surface area contributed by atoms with Gasteiger partial charge in [-0.3, -0.25) is 4.79 Å². The summed E-state index contributed by atoms with van der Waals surface area (Å²) in [5.74, 6) is 0.916. The summed E-state index contributed by atoms with van der Waals surface area (Å²) in [6, 6.07) is 18.2. The van der Waals surface area contributed by atoms with Gasteiger partial charge in [-0.15, -0.1) is 0 Å². The summed E-state index contributed by atoms with van der Waals surface area (Å²) in [4.78, 5) is 12.3. The topological polar surface area (TPSA) is 17.1 Å². The summed E-state index contributed by atoms with van der Waals surface area (Å²) < 4.78 is 0. The summed E-state index contributed by atoms with van der Waals surface area (Å²) in [5.41, 5.74) is 3.34. The summed E-state index contributed by atoms with van der Waals surface area (Å²) in [7, 11) is 0. The molecular formula is C17H16O. The molecule has 0 amide bonds. The molecule has 0 aromatic heterocycles. The number of benzene rings is 2. The Morgan fingerprint density at radius 3 is 2.33 bits per heavy atom. The van der Waals surface area contributed by atoms with Gasteiger partial charge in [-0.05, 0) is 24.8 Å². The molecule has 0 bridgehead atoms. The highest BCUT2D eigenvalue weighted by molar-refractivity contribution is 6.00. The zero-order valence-corrected chi connectivity index (χ0v) is 10.5. The number of hydrogen-bond donors (Lipinski definition) is 0. The first-order valence-electron chi connectivity index (χ1n) is 6.41. The minimum Gasteiger partial charge on any atom is -0.294 e. The van der Waals surface area contributed by atoms with Gasteiger partial charge < -0.3 is 0 Å². The number of hydrogen-bond acceptors (Lipinski definition) is 1. The molecule has 18 heavy (non-hydrogen) atoms. The maximum Gasteiger partial charge on any atom is 0.166 e. The summed E-state index contributed by atoms with van der Waals surface area (Å²) in [6.07, 6.45) is 0.997. The second kappa shape index (κ2) is 4.41. The van der Waals surface area contributed by atoms with Crippen LogP contribution in [0.3, 0.4) is 0 Å². The molecule has 0 aliphatic heterocycles. The van der Waals surface area contributed by atoms with Gasteiger partial charge in [-0.25, -0.2) is 0 Å². The first-order valence-corrected chi connectivity index (χ1v) is 6.41. The Labute approximate surface area is 107 Å². The molecule has 2 atom stereocenters. The molecule has 3 rings (SSSR count). The highest BCUT2D eigenvalue weighted by atomic mass is 16.1. The summed E-state index contributed by atoms with van der Waals surface area (Å²) >= 11 is 0. The van der Waals surface area contributed by atoms with Gasteiger partial charge in [0.25, 0.3) is 0 Å². The fourth-order valence-electron chi connectivity index (χ4n) is 2.49. The Balaban J connectivity index is 1.75. The third-order valence-electron chi connectivity index (χ3n) is 3.69. The van der Waals surface area contributed by atoms with Crippen molar-refractivity contribution in [2.75, 3.05) is 0 Å². The first kappa shape index (κ1) is 11.2. The zero-order valence-electron chi connectivity index (χ0n) is 10.5. The molecule has 0 heterocycles. The number of ketones is 1. The third kappa shape index (κ3) is 2.08. The van der Waals surface area contributed by atoms with Crippen molar-refractivity contribution >= 4 is 5.78 Å². The van der Waals surface area contributed by atoms with Gasteiger partial charge in [0.15, 0.2) is 5.78 Å². The second-order valence-electron chi connectivity index (χ2n) is 5.09. The molecule has 0 N–H and O–H groups in total. The van der Waals surface area contributed by atoms with Crippen molar-refractivity contribution < 1.29 is 4.79 Å². The van der Waals surface area contributed by atoms with E-state index >= 15 is 0 Å². The van der Waals surface area contributed by atoms with Gasteiger partial charge in [-0.2, -0.15) is 0 Å². The van der Waals surface area contributed by atoms with Crippen molar-refractivity contribution in [2.45, 2.75) is 19.3 Å². The van der Waals surface area contributed by atoms with Crippen LogP contribution in [0, 0.1) is 12.8 Å². The van der Waals surface area contributed by atoms with E-state index in [0.717, 1.165) is 12.0 Å². The van der Waals surface area contributed by atoms with Crippen LogP contribution in [0.1, 0.15) is 33.8 Å². The van der Waals surface area contributed by atoms with Crippen LogP contribution < -0.4 is 0 Å². The van der Waals surface area contributed by atoms with Gasteiger partial charge in [0.1, 0.15) is 0 Å². The zero-order chi connectivity index (χ0) is 12.5. The predicted octanol–water partition coefficient (Wildman–Crippen LogP) is 3.98. The molecule has 0 spiro atoms. The molecule has 1 nitrogen and oxygen atoms in total. The van der Waals surface area contributed by atoms with E-state index in [1.165, 1.54) is 11.1 Å². The average Bonchev–Trinajstić information content (AvgIpc) is 3.20. The molecule has 1 aliphatic carbocycles. The fourth-order valence-corrected chi connectivity index (χ4v) is 2.49. The van der Waals surface area contributed by atoms with Gasteiger partial charge in [-0.1, -0.05) is 60.2 Å². The van der Waals surface area contributed by atoms with Crippen LogP contribution in [-0.4, -0.2) is 5.78 Å². The van der Waals surface area contributed by atoms with Crippen LogP contribution in [0.15, 0.2) is 54.6 Å². The molecule has 0 unspecified atom stereocenters. The van der Waals surface area contributed by atoms with E-state index in [0.29, 0.717) is 11.7 Å². The molecule has 2 aromatic rings. The van der Waals surface area contributed by atoms with Gasteiger partial charge in [0.2, 0.25) is 0 Å². The normalized spacial score (nSPS) is 21.6. The molecule has 1 saturated carbocycles. The second-order valence-corrected chi connectivity index (χ2v) is 5.09. The lowest BCUT2D eigenvalue weighted by Crippen LogP contribution is -2.02. The quantitative estimate of drug-likeness (QED) is 0.737. The van der Waals surface area contributed by atoms with Gasteiger partial charge in [0.05, 0.1) is 0 Å². The van der Waals surface area contributed by atoms with Gasteiger partial charge in [0, 0.05) is 11.5 Å². The molecule has 1 aliphatic rings. The van der Waals surface area contributed by atoms with Crippen LogP contribution >= 0.6 is 0 Å². The molecule has 0 radical (unpaired) electrons. The largest absolute Gasteiger partial charge is 0.294 e. The highest BCUT2D eigenvalue weighted by Crippen LogP contribution is 2.49. The van der Waals surface area contributed by atoms with Crippen LogP contribution in [0.2, 0.25) is 0 Å². The lowest BCUT2D eigenvalue weighted by Gasteiger charge is -2.01. The van der Waals surface area contributed by atoms with E-state index in [-0.39, 0.29) is 5.92 Å². The molecule has 0 saturated heterocycles. The van der Waals surface area contributed by atoms with E-state index in [4.69, 9.17) is 0 Å². The van der Waals surface area contributed by atoms with Gasteiger partial charge >= 0.3 is 0 Å². The first-order chi connectivity index (χ1) is 8.75. The van der Waals surface area contributed by atoms with E-state index in [2.05, 4.69) is 12.1 Å². The number of Topliss-reactive ketones (excluding diaryl/α,β-unsaturated/α-hetero) is 1. The van der Waals surface area contributed by atoms with E-state index in [9.17, 15) is 4.79 Å². The molecular weight excluding hydrogens is 220 g/mol. The standard InChI is InChI=1S/C17H16O/c1-12-7-9-14(10-8-12)17(18)16-11-15(16)13-5-3-2-4-6-13/h2-10,15-16H,11H2,1H3/t15-,16+/m0/s1. The maximum atomic E-state index is 12.3. The molecule has 1 fully saturated rings. The smallest absolute Gasteiger partial charge is 0.166 e. The number of rotatable bonds is 3. The van der Waals surface area contributed by atoms with E-state index in [1.807, 2.05) is 49.4 Å². The van der Waals surface area contributed by atoms with E-state index in [1.54, 1.807) is 0 Å². The Hall–Kier alpha value is -1.89. The monoisotopic (exact) mass is 236 g/mol. The number of carbonyl (C=O) groups excluding carboxylic acids is 1. The number of aryl methyl sites for hydroxylation is 1. The average molecular weight is 236 g/mol. The van der Waals surface area contributed by atoms with Crippen LogP contribution in [0.5, 0.6) is 0 Å². The molecule has 90 valence electrons. The highest BCUT2D eigenvalue weighted by Gasteiger charge is 2.43. The van der Waals surface area contributed by atoms with Crippen molar-refractivity contribution in [2.24, 2.45) is 5.92 Å². The maximum absolute atomic E-state index is 12.3. The Kier molecular flexibility index (Phi) is 2.75. The minimum atomic E-state index is 0.190. The Morgan fingerprint density at radius 2 is 1.67 bits per heavy atom. The minimum absolute atomic E-state index is 0.190. The SMILES string of the molecule is Cc1ccc(C(=O)[C@@H]2C[C@H]2c2ccccc2)cc1.